The molecule has 0 rings (SSSR count). The quantitative estimate of drug-likeness (QED) is 0.0237. The number of phosphoric acid groups is 1. The van der Waals surface area contributed by atoms with Gasteiger partial charge in [0.15, 0.2) is 6.10 Å². The lowest BCUT2D eigenvalue weighted by Gasteiger charge is -2.20. The molecule has 326 valence electrons. The van der Waals surface area contributed by atoms with Crippen LogP contribution in [0.1, 0.15) is 155 Å². The van der Waals surface area contributed by atoms with Gasteiger partial charge in [0, 0.05) is 6.42 Å². The summed E-state index contributed by atoms with van der Waals surface area (Å²) in [5.74, 6) is -1.08. The lowest BCUT2D eigenvalue weighted by molar-refractivity contribution is -0.160. The molecular formula is C46H77O10P. The van der Waals surface area contributed by atoms with Crippen LogP contribution in [-0.4, -0.2) is 65.7 Å². The molecule has 11 heteroatoms. The average Bonchev–Trinajstić information content (AvgIpc) is 3.20. The molecule has 3 N–H and O–H groups in total. The van der Waals surface area contributed by atoms with Crippen molar-refractivity contribution in [2.24, 2.45) is 0 Å². The summed E-state index contributed by atoms with van der Waals surface area (Å²) in [5, 5.41) is 18.3. The fourth-order valence-electron chi connectivity index (χ4n) is 5.27. The van der Waals surface area contributed by atoms with Gasteiger partial charge in [0.2, 0.25) is 0 Å². The van der Waals surface area contributed by atoms with Crippen molar-refractivity contribution in [1.29, 1.82) is 0 Å². The number of ether oxygens (including phenoxy) is 2. The Kier molecular flexibility index (Phi) is 39.2. The third kappa shape index (κ3) is 41.1. The molecule has 10 nitrogen and oxygen atoms in total. The topological polar surface area (TPSA) is 149 Å². The lowest BCUT2D eigenvalue weighted by atomic mass is 10.1. The number of aliphatic hydroxyl groups excluding tert-OH is 2. The third-order valence-electron chi connectivity index (χ3n) is 8.57. The van der Waals surface area contributed by atoms with Crippen LogP contribution in [0.5, 0.6) is 0 Å². The van der Waals surface area contributed by atoms with Crippen LogP contribution in [-0.2, 0) is 32.7 Å². The van der Waals surface area contributed by atoms with Gasteiger partial charge in [0.25, 0.3) is 0 Å². The van der Waals surface area contributed by atoms with E-state index in [2.05, 4.69) is 79.1 Å². The van der Waals surface area contributed by atoms with E-state index in [1.807, 2.05) is 18.2 Å². The van der Waals surface area contributed by atoms with Gasteiger partial charge in [-0.3, -0.25) is 18.6 Å². The van der Waals surface area contributed by atoms with Crippen molar-refractivity contribution in [2.75, 3.05) is 26.4 Å². The first kappa shape index (κ1) is 54.2. The van der Waals surface area contributed by atoms with E-state index in [-0.39, 0.29) is 19.4 Å². The molecule has 0 aliphatic rings. The largest absolute Gasteiger partial charge is 0.472 e. The molecule has 0 aromatic rings. The molecular weight excluding hydrogens is 743 g/mol. The first-order chi connectivity index (χ1) is 27.7. The van der Waals surface area contributed by atoms with Crippen LogP contribution in [0.15, 0.2) is 85.1 Å². The van der Waals surface area contributed by atoms with E-state index in [9.17, 15) is 24.2 Å². The first-order valence-electron chi connectivity index (χ1n) is 21.5. The highest BCUT2D eigenvalue weighted by Crippen LogP contribution is 2.43. The summed E-state index contributed by atoms with van der Waals surface area (Å²) in [6.45, 7) is 2.11. The number of phosphoric ester groups is 1. The molecule has 0 amide bonds. The van der Waals surface area contributed by atoms with Gasteiger partial charge in [-0.05, 0) is 70.6 Å². The number of unbranched alkanes of at least 4 members (excludes halogenated alkanes) is 12. The van der Waals surface area contributed by atoms with Crippen molar-refractivity contribution in [3.05, 3.63) is 85.1 Å². The van der Waals surface area contributed by atoms with Crippen molar-refractivity contribution >= 4 is 19.8 Å². The van der Waals surface area contributed by atoms with Crippen molar-refractivity contribution in [3.63, 3.8) is 0 Å². The number of aliphatic hydroxyl groups is 2. The van der Waals surface area contributed by atoms with E-state index >= 15 is 0 Å². The molecule has 0 aromatic heterocycles. The van der Waals surface area contributed by atoms with Crippen molar-refractivity contribution in [2.45, 2.75) is 167 Å². The summed E-state index contributed by atoms with van der Waals surface area (Å²) >= 11 is 0. The predicted octanol–water partition coefficient (Wildman–Crippen LogP) is 11.4. The Morgan fingerprint density at radius 1 is 0.561 bits per heavy atom. The molecule has 0 fully saturated rings. The Labute approximate surface area is 345 Å². The first-order valence-corrected chi connectivity index (χ1v) is 23.0. The van der Waals surface area contributed by atoms with Gasteiger partial charge in [-0.1, -0.05) is 157 Å². The number of allylic oxidation sites excluding steroid dienone is 13. The Balaban J connectivity index is 4.41. The second-order valence-electron chi connectivity index (χ2n) is 14.0. The summed E-state index contributed by atoms with van der Waals surface area (Å²) in [6, 6.07) is 0. The minimum Gasteiger partial charge on any atom is -0.462 e. The molecule has 0 aliphatic carbocycles. The molecule has 0 aliphatic heterocycles. The van der Waals surface area contributed by atoms with Crippen LogP contribution >= 0.6 is 7.82 Å². The molecule has 0 heterocycles. The minimum absolute atomic E-state index is 0.0529. The van der Waals surface area contributed by atoms with Gasteiger partial charge >= 0.3 is 19.8 Å². The SMILES string of the molecule is CC/C=C\C/C=C\C/C=C\C/C=C\C/C=C\CC(=O)OC(COC(=O)CCCCCCCCCCC/C=C\C/C=C\CCCCC)COP(=O)(O)OCC(O)CO. The predicted molar refractivity (Wildman–Crippen MR) is 233 cm³/mol. The lowest BCUT2D eigenvalue weighted by Crippen LogP contribution is -2.29. The van der Waals surface area contributed by atoms with Gasteiger partial charge in [0.1, 0.15) is 12.7 Å². The highest BCUT2D eigenvalue weighted by Gasteiger charge is 2.27. The smallest absolute Gasteiger partial charge is 0.462 e. The van der Waals surface area contributed by atoms with E-state index in [0.29, 0.717) is 12.8 Å². The molecule has 0 saturated carbocycles. The monoisotopic (exact) mass is 821 g/mol. The number of carbonyl (C=O) groups is 2. The minimum atomic E-state index is -4.65. The zero-order chi connectivity index (χ0) is 41.9. The average molecular weight is 821 g/mol. The van der Waals surface area contributed by atoms with Gasteiger partial charge < -0.3 is 24.6 Å². The zero-order valence-corrected chi connectivity index (χ0v) is 36.2. The summed E-state index contributed by atoms with van der Waals surface area (Å²) in [7, 11) is -4.65. The van der Waals surface area contributed by atoms with Crippen molar-refractivity contribution in [3.8, 4) is 0 Å². The van der Waals surface area contributed by atoms with Crippen molar-refractivity contribution in [1.82, 2.24) is 0 Å². The maximum atomic E-state index is 12.5. The normalized spacial score (nSPS) is 14.7. The molecule has 57 heavy (non-hydrogen) atoms. The summed E-state index contributed by atoms with van der Waals surface area (Å²) in [4.78, 5) is 34.9. The second-order valence-corrected chi connectivity index (χ2v) is 15.5. The molecule has 0 radical (unpaired) electrons. The number of hydrogen-bond donors (Lipinski definition) is 3. The van der Waals surface area contributed by atoms with Crippen LogP contribution in [0, 0.1) is 0 Å². The molecule has 0 saturated heterocycles. The van der Waals surface area contributed by atoms with E-state index in [1.165, 1.54) is 57.8 Å². The van der Waals surface area contributed by atoms with E-state index in [4.69, 9.17) is 19.1 Å². The zero-order valence-electron chi connectivity index (χ0n) is 35.3. The standard InChI is InChI=1S/C46H77O10P/c1-3-5-7-9-11-13-15-17-19-20-21-22-24-25-27-29-31-33-35-37-45(49)53-41-44(42-55-57(51,52)54-40-43(48)39-47)56-46(50)38-36-34-32-30-28-26-23-18-16-14-12-10-8-6-4-2/h6,8,11-14,17-19,23,28,30,34,36,43-44,47-48H,3-5,7,9-10,15-16,20-22,24-27,29,31-33,35,37-42H2,1-2H3,(H,51,52)/b8-6-,13-11-,14-12-,19-17-,23-18-,30-28-,36-34-. The van der Waals surface area contributed by atoms with Crippen molar-refractivity contribution < 1.29 is 47.8 Å². The molecule has 3 atom stereocenters. The molecule has 0 spiro atoms. The van der Waals surface area contributed by atoms with E-state index < -0.39 is 51.8 Å². The highest BCUT2D eigenvalue weighted by molar-refractivity contribution is 7.47. The highest BCUT2D eigenvalue weighted by atomic mass is 31.2. The Morgan fingerprint density at radius 3 is 1.54 bits per heavy atom. The maximum Gasteiger partial charge on any atom is 0.472 e. The summed E-state index contributed by atoms with van der Waals surface area (Å²) < 4.78 is 32.6. The van der Waals surface area contributed by atoms with Crippen LogP contribution < -0.4 is 0 Å². The van der Waals surface area contributed by atoms with Gasteiger partial charge in [0.05, 0.1) is 26.2 Å². The molecule has 3 unspecified atom stereocenters. The Morgan fingerprint density at radius 2 is 1.02 bits per heavy atom. The molecule has 0 aromatic carbocycles. The fraction of sp³-hybridized carbons (Fsp3) is 0.652. The Hall–Kier alpha value is -2.85. The van der Waals surface area contributed by atoms with Crippen LogP contribution in [0.2, 0.25) is 0 Å². The summed E-state index contributed by atoms with van der Waals surface area (Å²) in [5.41, 5.74) is 0. The van der Waals surface area contributed by atoms with E-state index in [0.717, 1.165) is 57.8 Å². The van der Waals surface area contributed by atoms with Gasteiger partial charge in [-0.25, -0.2) is 4.57 Å². The Bertz CT molecular complexity index is 1220. The molecule has 0 bridgehead atoms. The maximum absolute atomic E-state index is 12.5. The fourth-order valence-corrected chi connectivity index (χ4v) is 6.06. The summed E-state index contributed by atoms with van der Waals surface area (Å²) in [6.07, 6.45) is 48.6. The van der Waals surface area contributed by atoms with Crippen LogP contribution in [0.3, 0.4) is 0 Å². The van der Waals surface area contributed by atoms with Crippen LogP contribution in [0.4, 0.5) is 0 Å². The number of rotatable bonds is 39. The third-order valence-corrected chi connectivity index (χ3v) is 9.52. The second kappa shape index (κ2) is 41.3. The van der Waals surface area contributed by atoms with Crippen LogP contribution in [0.25, 0.3) is 0 Å². The van der Waals surface area contributed by atoms with Gasteiger partial charge in [-0.2, -0.15) is 0 Å². The van der Waals surface area contributed by atoms with E-state index in [1.54, 1.807) is 6.08 Å². The number of hydrogen-bond acceptors (Lipinski definition) is 9. The number of esters is 2. The van der Waals surface area contributed by atoms with Gasteiger partial charge in [-0.15, -0.1) is 0 Å². The number of carbonyl (C=O) groups excluding carboxylic acids is 2.